The van der Waals surface area contributed by atoms with Crippen LogP contribution in [0.4, 0.5) is 4.79 Å². The fourth-order valence-corrected chi connectivity index (χ4v) is 3.86. The van der Waals surface area contributed by atoms with Gasteiger partial charge in [-0.05, 0) is 24.3 Å². The average Bonchev–Trinajstić information content (AvgIpc) is 3.22. The van der Waals surface area contributed by atoms with Gasteiger partial charge < -0.3 is 15.0 Å². The highest BCUT2D eigenvalue weighted by Crippen LogP contribution is 2.25. The van der Waals surface area contributed by atoms with Crippen LogP contribution in [0.1, 0.15) is 23.8 Å². The number of morpholine rings is 1. The van der Waals surface area contributed by atoms with E-state index >= 15 is 0 Å². The molecule has 3 rings (SSSR count). The smallest absolute Gasteiger partial charge is 0.317 e. The van der Waals surface area contributed by atoms with Gasteiger partial charge in [0.05, 0.1) is 19.3 Å². The largest absolute Gasteiger partial charge is 0.379 e. The van der Waals surface area contributed by atoms with Crippen molar-refractivity contribution in [3.05, 3.63) is 22.4 Å². The number of likely N-dealkylation sites (tertiary alicyclic amines) is 1. The number of hydrogen-bond donors (Lipinski definition) is 1. The number of carbonyl (C=O) groups excluding carboxylic acids is 1. The van der Waals surface area contributed by atoms with Crippen LogP contribution >= 0.6 is 11.3 Å². The molecule has 5 nitrogen and oxygen atoms in total. The number of amides is 2. The molecule has 2 aliphatic heterocycles. The molecule has 0 aliphatic carbocycles. The van der Waals surface area contributed by atoms with Gasteiger partial charge in [0.2, 0.25) is 0 Å². The van der Waals surface area contributed by atoms with Gasteiger partial charge in [0.15, 0.2) is 0 Å². The first-order valence-corrected chi connectivity index (χ1v) is 8.60. The van der Waals surface area contributed by atoms with Crippen LogP contribution in [-0.2, 0) is 4.74 Å². The fraction of sp³-hybridized carbons (Fsp3) is 0.667. The Balaban J connectivity index is 1.60. The van der Waals surface area contributed by atoms with Crippen molar-refractivity contribution in [2.75, 3.05) is 45.9 Å². The highest BCUT2D eigenvalue weighted by Gasteiger charge is 2.25. The first kappa shape index (κ1) is 14.8. The van der Waals surface area contributed by atoms with E-state index in [-0.39, 0.29) is 12.1 Å². The molecule has 2 amide bonds. The molecule has 0 aromatic carbocycles. The Bertz CT molecular complexity index is 440. The lowest BCUT2D eigenvalue weighted by Gasteiger charge is -2.34. The van der Waals surface area contributed by atoms with Crippen molar-refractivity contribution < 1.29 is 9.53 Å². The quantitative estimate of drug-likeness (QED) is 0.924. The molecule has 6 heteroatoms. The van der Waals surface area contributed by atoms with Gasteiger partial charge in [0.1, 0.15) is 0 Å². The van der Waals surface area contributed by atoms with Crippen LogP contribution in [0, 0.1) is 0 Å². The molecule has 1 aromatic heterocycles. The van der Waals surface area contributed by atoms with E-state index in [1.165, 1.54) is 4.88 Å². The summed E-state index contributed by atoms with van der Waals surface area (Å²) in [5, 5.41) is 5.22. The number of ether oxygens (including phenoxy) is 1. The first-order chi connectivity index (χ1) is 10.3. The van der Waals surface area contributed by atoms with Crippen LogP contribution in [-0.4, -0.2) is 61.8 Å². The third-order valence-electron chi connectivity index (χ3n) is 4.20. The lowest BCUT2D eigenvalue weighted by molar-refractivity contribution is 0.0172. The van der Waals surface area contributed by atoms with E-state index in [2.05, 4.69) is 27.7 Å². The van der Waals surface area contributed by atoms with Crippen LogP contribution in [0.15, 0.2) is 17.5 Å². The topological polar surface area (TPSA) is 44.8 Å². The van der Waals surface area contributed by atoms with Crippen molar-refractivity contribution in [1.82, 2.24) is 15.1 Å². The number of rotatable bonds is 4. The molecular weight excluding hydrogens is 286 g/mol. The van der Waals surface area contributed by atoms with Crippen molar-refractivity contribution in [3.8, 4) is 0 Å². The summed E-state index contributed by atoms with van der Waals surface area (Å²) in [7, 11) is 0. The molecule has 0 saturated carbocycles. The molecule has 1 unspecified atom stereocenters. The predicted octanol–water partition coefficient (Wildman–Crippen LogP) is 1.93. The van der Waals surface area contributed by atoms with E-state index in [1.54, 1.807) is 11.3 Å². The standard InChI is InChI=1S/C15H23N3O2S/c19-15(18-5-1-2-6-18)16-12-13(14-4-3-11-21-14)17-7-9-20-10-8-17/h3-4,11,13H,1-2,5-10,12H2,(H,16,19). The van der Waals surface area contributed by atoms with Crippen molar-refractivity contribution in [2.45, 2.75) is 18.9 Å². The molecule has 116 valence electrons. The third-order valence-corrected chi connectivity index (χ3v) is 5.17. The molecule has 3 heterocycles. The van der Waals surface area contributed by atoms with E-state index in [0.717, 1.165) is 52.2 Å². The molecule has 0 bridgehead atoms. The van der Waals surface area contributed by atoms with Crippen molar-refractivity contribution in [3.63, 3.8) is 0 Å². The van der Waals surface area contributed by atoms with Crippen molar-refractivity contribution in [2.24, 2.45) is 0 Å². The third kappa shape index (κ3) is 3.75. The highest BCUT2D eigenvalue weighted by atomic mass is 32.1. The summed E-state index contributed by atoms with van der Waals surface area (Å²) in [5.74, 6) is 0. The van der Waals surface area contributed by atoms with Gasteiger partial charge in [0, 0.05) is 37.6 Å². The molecule has 21 heavy (non-hydrogen) atoms. The number of urea groups is 1. The molecule has 2 aliphatic rings. The van der Waals surface area contributed by atoms with Crippen LogP contribution in [0.5, 0.6) is 0 Å². The molecule has 1 aromatic rings. The minimum absolute atomic E-state index is 0.0855. The summed E-state index contributed by atoms with van der Waals surface area (Å²) in [6.07, 6.45) is 2.26. The summed E-state index contributed by atoms with van der Waals surface area (Å²) < 4.78 is 5.44. The first-order valence-electron chi connectivity index (χ1n) is 7.72. The number of thiophene rings is 1. The number of nitrogens with zero attached hydrogens (tertiary/aromatic N) is 2. The molecular formula is C15H23N3O2S. The summed E-state index contributed by atoms with van der Waals surface area (Å²) >= 11 is 1.76. The minimum atomic E-state index is 0.0855. The van der Waals surface area contributed by atoms with E-state index in [9.17, 15) is 4.79 Å². The minimum Gasteiger partial charge on any atom is -0.379 e. The Morgan fingerprint density at radius 3 is 2.71 bits per heavy atom. The second-order valence-electron chi connectivity index (χ2n) is 5.56. The van der Waals surface area contributed by atoms with E-state index in [1.807, 2.05) is 4.90 Å². The summed E-state index contributed by atoms with van der Waals surface area (Å²) in [6, 6.07) is 4.59. The van der Waals surface area contributed by atoms with Gasteiger partial charge in [0.25, 0.3) is 0 Å². The van der Waals surface area contributed by atoms with Crippen molar-refractivity contribution >= 4 is 17.4 Å². The fourth-order valence-electron chi connectivity index (χ4n) is 3.00. The Morgan fingerprint density at radius 1 is 1.29 bits per heavy atom. The SMILES string of the molecule is O=C(NCC(c1cccs1)N1CCOCC1)N1CCCC1. The van der Waals surface area contributed by atoms with Crippen LogP contribution in [0.3, 0.4) is 0 Å². The maximum Gasteiger partial charge on any atom is 0.317 e. The second kappa shape index (κ2) is 7.24. The van der Waals surface area contributed by atoms with Gasteiger partial charge in [-0.1, -0.05) is 6.07 Å². The molecule has 1 N–H and O–H groups in total. The number of carbonyl (C=O) groups is 1. The van der Waals surface area contributed by atoms with Gasteiger partial charge in [-0.2, -0.15) is 0 Å². The Morgan fingerprint density at radius 2 is 2.05 bits per heavy atom. The molecule has 1 atom stereocenters. The number of nitrogens with one attached hydrogen (secondary N) is 1. The van der Waals surface area contributed by atoms with Crippen LogP contribution in [0.2, 0.25) is 0 Å². The Hall–Kier alpha value is -1.11. The van der Waals surface area contributed by atoms with Crippen molar-refractivity contribution in [1.29, 1.82) is 0 Å². The molecule has 2 saturated heterocycles. The zero-order chi connectivity index (χ0) is 14.5. The summed E-state index contributed by atoms with van der Waals surface area (Å²) in [4.78, 5) is 17.8. The van der Waals surface area contributed by atoms with E-state index < -0.39 is 0 Å². The lowest BCUT2D eigenvalue weighted by Crippen LogP contribution is -2.46. The average molecular weight is 309 g/mol. The zero-order valence-electron chi connectivity index (χ0n) is 12.3. The molecule has 2 fully saturated rings. The van der Waals surface area contributed by atoms with Gasteiger partial charge in [-0.15, -0.1) is 11.3 Å². The molecule has 0 radical (unpaired) electrons. The summed E-state index contributed by atoms with van der Waals surface area (Å²) in [5.41, 5.74) is 0. The Kier molecular flexibility index (Phi) is 5.11. The van der Waals surface area contributed by atoms with E-state index in [0.29, 0.717) is 6.54 Å². The normalized spacial score (nSPS) is 21.4. The second-order valence-corrected chi connectivity index (χ2v) is 6.54. The lowest BCUT2D eigenvalue weighted by atomic mass is 10.2. The van der Waals surface area contributed by atoms with Crippen LogP contribution in [0.25, 0.3) is 0 Å². The van der Waals surface area contributed by atoms with Gasteiger partial charge in [-0.3, -0.25) is 4.90 Å². The van der Waals surface area contributed by atoms with Crippen LogP contribution < -0.4 is 5.32 Å². The maximum absolute atomic E-state index is 12.2. The monoisotopic (exact) mass is 309 g/mol. The zero-order valence-corrected chi connectivity index (χ0v) is 13.1. The number of hydrogen-bond acceptors (Lipinski definition) is 4. The predicted molar refractivity (Wildman–Crippen MR) is 83.7 cm³/mol. The maximum atomic E-state index is 12.2. The Labute approximate surface area is 129 Å². The van der Waals surface area contributed by atoms with Gasteiger partial charge >= 0.3 is 6.03 Å². The highest BCUT2D eigenvalue weighted by molar-refractivity contribution is 7.10. The van der Waals surface area contributed by atoms with E-state index in [4.69, 9.17) is 4.74 Å². The summed E-state index contributed by atoms with van der Waals surface area (Å²) in [6.45, 7) is 5.89. The van der Waals surface area contributed by atoms with Gasteiger partial charge in [-0.25, -0.2) is 4.79 Å². The molecule has 0 spiro atoms.